The third-order valence-electron chi connectivity index (χ3n) is 5.40. The molecule has 5 unspecified atom stereocenters. The van der Waals surface area contributed by atoms with Crippen molar-refractivity contribution in [3.05, 3.63) is 59.7 Å². The molecular formula is C24H26F3NO10. The largest absolute Gasteiger partial charge is 0.479 e. The molecule has 11 nitrogen and oxygen atoms in total. The number of hydrogen-bond donors (Lipinski definition) is 5. The molecule has 0 bridgehead atoms. The predicted octanol–water partition coefficient (Wildman–Crippen LogP) is 1.53. The van der Waals surface area contributed by atoms with E-state index in [-0.39, 0.29) is 43.4 Å². The van der Waals surface area contributed by atoms with E-state index in [1.165, 1.54) is 24.3 Å². The van der Waals surface area contributed by atoms with Crippen molar-refractivity contribution in [2.45, 2.75) is 36.9 Å². The van der Waals surface area contributed by atoms with Crippen molar-refractivity contribution in [1.29, 1.82) is 0 Å². The molecule has 0 aromatic heterocycles. The summed E-state index contributed by atoms with van der Waals surface area (Å²) in [5.74, 6) is -2.28. The number of aliphatic hydroxyl groups excluding tert-OH is 3. The number of anilines is 2. The number of ether oxygens (including phenoxy) is 4. The molecule has 1 aliphatic heterocycles. The number of carbonyl (C=O) groups excluding carboxylic acids is 1. The Morgan fingerprint density at radius 2 is 1.63 bits per heavy atom. The number of aliphatic carboxylic acids is 1. The number of benzene rings is 2. The van der Waals surface area contributed by atoms with E-state index in [0.717, 1.165) is 12.1 Å². The van der Waals surface area contributed by atoms with Crippen molar-refractivity contribution >= 4 is 23.3 Å². The highest BCUT2D eigenvalue weighted by Gasteiger charge is 2.47. The third kappa shape index (κ3) is 7.63. The lowest BCUT2D eigenvalue weighted by Gasteiger charge is -2.38. The summed E-state index contributed by atoms with van der Waals surface area (Å²) in [5, 5.41) is 41.1. The van der Waals surface area contributed by atoms with E-state index in [1.807, 2.05) is 0 Å². The highest BCUT2D eigenvalue weighted by atomic mass is 19.4. The van der Waals surface area contributed by atoms with Crippen LogP contribution in [-0.2, 0) is 29.9 Å². The Morgan fingerprint density at radius 3 is 2.34 bits per heavy atom. The maximum Gasteiger partial charge on any atom is 0.416 e. The van der Waals surface area contributed by atoms with Crippen LogP contribution >= 0.6 is 0 Å². The van der Waals surface area contributed by atoms with E-state index < -0.39 is 54.4 Å². The van der Waals surface area contributed by atoms with E-state index in [1.54, 1.807) is 12.1 Å². The smallest absolute Gasteiger partial charge is 0.416 e. The molecule has 5 N–H and O–H groups in total. The zero-order valence-electron chi connectivity index (χ0n) is 19.7. The van der Waals surface area contributed by atoms with Gasteiger partial charge in [-0.3, -0.25) is 0 Å². The topological polar surface area (TPSA) is 164 Å². The normalized spacial score (nSPS) is 23.6. The molecule has 2 aromatic rings. The number of rotatable bonds is 11. The fraction of sp³-hybridized carbons (Fsp3) is 0.417. The van der Waals surface area contributed by atoms with Crippen LogP contribution in [0.5, 0.6) is 0 Å². The number of carboxylic acid groups (broad SMARTS) is 1. The van der Waals surface area contributed by atoms with Gasteiger partial charge in [0.25, 0.3) is 0 Å². The first-order valence-corrected chi connectivity index (χ1v) is 11.3. The van der Waals surface area contributed by atoms with Gasteiger partial charge in [0.1, 0.15) is 24.9 Å². The minimum absolute atomic E-state index is 0.0640. The zero-order chi connectivity index (χ0) is 27.9. The summed E-state index contributed by atoms with van der Waals surface area (Å²) in [6, 6.07) is 10.6. The molecule has 5 atom stereocenters. The van der Waals surface area contributed by atoms with Crippen LogP contribution in [0.4, 0.5) is 24.5 Å². The van der Waals surface area contributed by atoms with Crippen molar-refractivity contribution in [2.75, 3.05) is 31.7 Å². The van der Waals surface area contributed by atoms with E-state index >= 15 is 0 Å². The summed E-state index contributed by atoms with van der Waals surface area (Å²) in [7, 11) is 0. The minimum Gasteiger partial charge on any atom is -0.479 e. The lowest BCUT2D eigenvalue weighted by Crippen LogP contribution is -2.60. The lowest BCUT2D eigenvalue weighted by atomic mass is 9.99. The first kappa shape index (κ1) is 29.3. The Morgan fingerprint density at radius 1 is 0.921 bits per heavy atom. The Balaban J connectivity index is 1.43. The highest BCUT2D eigenvalue weighted by Crippen LogP contribution is 2.32. The Hall–Kier alpha value is -3.27. The summed E-state index contributed by atoms with van der Waals surface area (Å²) in [6.45, 7) is -0.500. The van der Waals surface area contributed by atoms with Crippen LogP contribution in [-0.4, -0.2) is 89.5 Å². The molecule has 2 aromatic carbocycles. The van der Waals surface area contributed by atoms with Gasteiger partial charge >= 0.3 is 18.1 Å². The van der Waals surface area contributed by atoms with Gasteiger partial charge in [-0.05, 0) is 30.3 Å². The lowest BCUT2D eigenvalue weighted by molar-refractivity contribution is -0.295. The Labute approximate surface area is 214 Å². The van der Waals surface area contributed by atoms with Crippen LogP contribution in [0.3, 0.4) is 0 Å². The van der Waals surface area contributed by atoms with Gasteiger partial charge in [0, 0.05) is 5.69 Å². The Kier molecular flexibility index (Phi) is 10.0. The summed E-state index contributed by atoms with van der Waals surface area (Å²) in [4.78, 5) is 23.6. The van der Waals surface area contributed by atoms with Crippen molar-refractivity contribution in [3.63, 3.8) is 0 Å². The number of carbonyl (C=O) groups is 2. The van der Waals surface area contributed by atoms with Gasteiger partial charge < -0.3 is 44.7 Å². The highest BCUT2D eigenvalue weighted by molar-refractivity contribution is 5.96. The average Bonchev–Trinajstić information content (AvgIpc) is 2.87. The van der Waals surface area contributed by atoms with Crippen LogP contribution in [0.25, 0.3) is 0 Å². The second kappa shape index (κ2) is 13.0. The van der Waals surface area contributed by atoms with Crippen molar-refractivity contribution < 1.29 is 62.1 Å². The van der Waals surface area contributed by atoms with Crippen LogP contribution in [0.2, 0.25) is 0 Å². The van der Waals surface area contributed by atoms with Crippen molar-refractivity contribution in [3.8, 4) is 0 Å². The van der Waals surface area contributed by atoms with Gasteiger partial charge in [0.05, 0.1) is 36.6 Å². The number of para-hydroxylation sites is 1. The SMILES string of the molecule is O=C(OCCOCCOC1OC(C(=O)O)C(O)C(O)C1O)c1ccccc1Nc1cccc(C(F)(F)F)c1. The summed E-state index contributed by atoms with van der Waals surface area (Å²) in [5.41, 5.74) is -0.384. The Bertz CT molecular complexity index is 1100. The van der Waals surface area contributed by atoms with Crippen molar-refractivity contribution in [1.82, 2.24) is 0 Å². The van der Waals surface area contributed by atoms with Crippen LogP contribution in [0, 0.1) is 0 Å². The molecule has 208 valence electrons. The standard InChI is InChI=1S/C24H26F3NO10/c25-24(26,27)13-4-3-5-14(12-13)28-16-7-2-1-6-15(16)22(34)36-10-8-35-9-11-37-23-19(31)17(29)18(30)20(38-23)21(32)33/h1-7,12,17-20,23,28-31H,8-11H2,(H,32,33). The second-order valence-corrected chi connectivity index (χ2v) is 8.10. The van der Waals surface area contributed by atoms with Gasteiger partial charge in [-0.25, -0.2) is 9.59 Å². The molecular weight excluding hydrogens is 519 g/mol. The quantitative estimate of drug-likeness (QED) is 0.205. The number of nitrogens with one attached hydrogen (secondary N) is 1. The first-order chi connectivity index (χ1) is 18.0. The number of esters is 1. The van der Waals surface area contributed by atoms with Gasteiger partial charge in [-0.1, -0.05) is 18.2 Å². The minimum atomic E-state index is -4.52. The van der Waals surface area contributed by atoms with Gasteiger partial charge in [-0.15, -0.1) is 0 Å². The third-order valence-corrected chi connectivity index (χ3v) is 5.40. The average molecular weight is 545 g/mol. The molecule has 38 heavy (non-hydrogen) atoms. The van der Waals surface area contributed by atoms with E-state index in [0.29, 0.717) is 0 Å². The fourth-order valence-electron chi connectivity index (χ4n) is 3.48. The van der Waals surface area contributed by atoms with Gasteiger partial charge in [-0.2, -0.15) is 13.2 Å². The maximum atomic E-state index is 13.0. The monoisotopic (exact) mass is 545 g/mol. The van der Waals surface area contributed by atoms with Gasteiger partial charge in [0.15, 0.2) is 12.4 Å². The molecule has 1 fully saturated rings. The molecule has 1 saturated heterocycles. The number of alkyl halides is 3. The first-order valence-electron chi connectivity index (χ1n) is 11.3. The molecule has 1 heterocycles. The number of aliphatic hydroxyl groups is 3. The number of carboxylic acids is 1. The van der Waals surface area contributed by atoms with Crippen molar-refractivity contribution in [2.24, 2.45) is 0 Å². The molecule has 0 saturated carbocycles. The van der Waals surface area contributed by atoms with Gasteiger partial charge in [0.2, 0.25) is 0 Å². The number of hydrogen-bond acceptors (Lipinski definition) is 10. The zero-order valence-corrected chi connectivity index (χ0v) is 19.7. The molecule has 0 radical (unpaired) electrons. The summed E-state index contributed by atoms with van der Waals surface area (Å²) < 4.78 is 59.4. The number of halogens is 3. The molecule has 14 heteroatoms. The molecule has 0 spiro atoms. The summed E-state index contributed by atoms with van der Waals surface area (Å²) in [6.07, 6.45) is -13.1. The van der Waals surface area contributed by atoms with E-state index in [4.69, 9.17) is 24.1 Å². The second-order valence-electron chi connectivity index (χ2n) is 8.10. The van der Waals surface area contributed by atoms with Crippen LogP contribution < -0.4 is 5.32 Å². The fourth-order valence-corrected chi connectivity index (χ4v) is 3.48. The van der Waals surface area contributed by atoms with Crippen LogP contribution in [0.15, 0.2) is 48.5 Å². The predicted molar refractivity (Wildman–Crippen MR) is 123 cm³/mol. The summed E-state index contributed by atoms with van der Waals surface area (Å²) >= 11 is 0. The molecule has 1 aliphatic rings. The van der Waals surface area contributed by atoms with E-state index in [9.17, 15) is 38.1 Å². The molecule has 3 rings (SSSR count). The maximum absolute atomic E-state index is 13.0. The molecule has 0 aliphatic carbocycles. The van der Waals surface area contributed by atoms with E-state index in [2.05, 4.69) is 5.32 Å². The van der Waals surface area contributed by atoms with Crippen LogP contribution in [0.1, 0.15) is 15.9 Å². The molecule has 0 amide bonds.